The Labute approximate surface area is 140 Å². The number of anilines is 1. The van der Waals surface area contributed by atoms with E-state index in [9.17, 15) is 4.79 Å². The molecule has 4 nitrogen and oxygen atoms in total. The van der Waals surface area contributed by atoms with Crippen molar-refractivity contribution in [3.05, 3.63) is 29.3 Å². The van der Waals surface area contributed by atoms with Crippen molar-refractivity contribution in [2.45, 2.75) is 19.9 Å². The summed E-state index contributed by atoms with van der Waals surface area (Å²) in [5, 5.41) is 0.638. The number of hydrogen-bond acceptors (Lipinski definition) is 5. The van der Waals surface area contributed by atoms with Gasteiger partial charge in [-0.3, -0.25) is 4.79 Å². The van der Waals surface area contributed by atoms with Gasteiger partial charge in [0.2, 0.25) is 11.6 Å². The maximum absolute atomic E-state index is 12.5. The highest BCUT2D eigenvalue weighted by atomic mass is 35.5. The average Bonchev–Trinajstić information content (AvgIpc) is 2.46. The third kappa shape index (κ3) is 5.55. The van der Waals surface area contributed by atoms with Crippen molar-refractivity contribution in [3.63, 3.8) is 0 Å². The van der Waals surface area contributed by atoms with E-state index < -0.39 is 5.69 Å². The zero-order chi connectivity index (χ0) is 16.0. The summed E-state index contributed by atoms with van der Waals surface area (Å²) in [5.74, 6) is 0.167. The Morgan fingerprint density at radius 3 is 2.29 bits per heavy atom. The Bertz CT molecular complexity index is 517. The minimum Gasteiger partial charge on any atom is -0.325 e. The van der Waals surface area contributed by atoms with Crippen LogP contribution in [0.15, 0.2) is 24.3 Å². The van der Waals surface area contributed by atoms with Crippen LogP contribution in [0.3, 0.4) is 0 Å². The van der Waals surface area contributed by atoms with Gasteiger partial charge in [0.25, 0.3) is 0 Å². The van der Waals surface area contributed by atoms with Crippen LogP contribution in [0.4, 0.5) is 5.69 Å². The van der Waals surface area contributed by atoms with Gasteiger partial charge in [-0.05, 0) is 49.9 Å². The largest absolute Gasteiger partial charge is 0.325 e. The summed E-state index contributed by atoms with van der Waals surface area (Å²) in [6.45, 7) is 3.92. The molecule has 1 aromatic carbocycles. The zero-order valence-electron chi connectivity index (χ0n) is 12.4. The first-order chi connectivity index (χ1) is 9.83. The van der Waals surface area contributed by atoms with Crippen molar-refractivity contribution in [3.8, 4) is 0 Å². The van der Waals surface area contributed by atoms with Crippen LogP contribution in [-0.4, -0.2) is 31.9 Å². The highest BCUT2D eigenvalue weighted by Gasteiger charge is 2.23. The summed E-state index contributed by atoms with van der Waals surface area (Å²) in [6.07, 6.45) is 0. The Morgan fingerprint density at radius 1 is 1.33 bits per heavy atom. The van der Waals surface area contributed by atoms with Gasteiger partial charge in [0.05, 0.1) is 5.75 Å². The molecule has 0 radical (unpaired) electrons. The lowest BCUT2D eigenvalue weighted by atomic mass is 10.2. The standard InChI is InChI=1S/C13H19ClNO3PS2/c1-10(2)15(12-7-5-11(14)6-8-12)13(16)9-21-19(20,17-3)18-4/h5-8,10H,9H2,1-4H3. The number of carbonyl (C=O) groups excluding carboxylic acids is 1. The van der Waals surface area contributed by atoms with Crippen LogP contribution in [0.2, 0.25) is 5.02 Å². The van der Waals surface area contributed by atoms with Crippen LogP contribution in [-0.2, 0) is 25.6 Å². The molecule has 0 saturated heterocycles. The summed E-state index contributed by atoms with van der Waals surface area (Å²) in [4.78, 5) is 14.2. The van der Waals surface area contributed by atoms with Gasteiger partial charge in [-0.2, -0.15) is 0 Å². The molecule has 0 saturated carbocycles. The summed E-state index contributed by atoms with van der Waals surface area (Å²) in [6, 6.07) is 7.21. The summed E-state index contributed by atoms with van der Waals surface area (Å²) in [7, 11) is 3.00. The van der Waals surface area contributed by atoms with Crippen molar-refractivity contribution in [1.29, 1.82) is 0 Å². The lowest BCUT2D eigenvalue weighted by Gasteiger charge is -2.27. The van der Waals surface area contributed by atoms with E-state index in [1.165, 1.54) is 25.6 Å². The SMILES string of the molecule is COP(=S)(OC)SCC(=O)N(c1ccc(Cl)cc1)C(C)C. The van der Waals surface area contributed by atoms with E-state index in [0.29, 0.717) is 5.02 Å². The fourth-order valence-corrected chi connectivity index (χ4v) is 4.52. The fourth-order valence-electron chi connectivity index (χ4n) is 1.72. The van der Waals surface area contributed by atoms with Crippen molar-refractivity contribution >= 4 is 52.1 Å². The molecule has 0 heterocycles. The predicted octanol–water partition coefficient (Wildman–Crippen LogP) is 4.33. The second kappa shape index (κ2) is 8.51. The van der Waals surface area contributed by atoms with Gasteiger partial charge in [-0.15, -0.1) is 0 Å². The fraction of sp³-hybridized carbons (Fsp3) is 0.462. The number of nitrogens with zero attached hydrogens (tertiary/aromatic N) is 1. The first kappa shape index (κ1) is 18.9. The molecule has 21 heavy (non-hydrogen) atoms. The van der Waals surface area contributed by atoms with Gasteiger partial charge < -0.3 is 13.9 Å². The molecule has 0 atom stereocenters. The Morgan fingerprint density at radius 2 is 1.86 bits per heavy atom. The molecule has 0 aromatic heterocycles. The number of rotatable bonds is 7. The monoisotopic (exact) mass is 367 g/mol. The molecule has 0 aliphatic rings. The minimum absolute atomic E-state index is 0.0298. The van der Waals surface area contributed by atoms with E-state index >= 15 is 0 Å². The molecular weight excluding hydrogens is 349 g/mol. The maximum Gasteiger partial charge on any atom is 0.247 e. The molecule has 1 rings (SSSR count). The van der Waals surface area contributed by atoms with E-state index in [1.807, 2.05) is 26.0 Å². The van der Waals surface area contributed by atoms with E-state index in [4.69, 9.17) is 32.5 Å². The Kier molecular flexibility index (Phi) is 7.68. The Balaban J connectivity index is 2.84. The van der Waals surface area contributed by atoms with Gasteiger partial charge in [-0.25, -0.2) is 0 Å². The van der Waals surface area contributed by atoms with Crippen LogP contribution in [0.25, 0.3) is 0 Å². The van der Waals surface area contributed by atoms with Gasteiger partial charge >= 0.3 is 0 Å². The molecule has 0 unspecified atom stereocenters. The zero-order valence-corrected chi connectivity index (χ0v) is 15.7. The van der Waals surface area contributed by atoms with Crippen LogP contribution in [0.1, 0.15) is 13.8 Å². The third-order valence-corrected chi connectivity index (χ3v) is 8.60. The molecule has 118 valence electrons. The lowest BCUT2D eigenvalue weighted by molar-refractivity contribution is -0.116. The van der Waals surface area contributed by atoms with Crippen LogP contribution in [0, 0.1) is 0 Å². The van der Waals surface area contributed by atoms with Gasteiger partial charge in [0.1, 0.15) is 0 Å². The predicted molar refractivity (Wildman–Crippen MR) is 94.8 cm³/mol. The minimum atomic E-state index is -2.42. The molecule has 0 aliphatic carbocycles. The van der Waals surface area contributed by atoms with Gasteiger partial charge in [-0.1, -0.05) is 23.0 Å². The summed E-state index contributed by atoms with van der Waals surface area (Å²) >= 11 is 12.4. The molecule has 1 aromatic rings. The van der Waals surface area contributed by atoms with Crippen LogP contribution < -0.4 is 4.90 Å². The van der Waals surface area contributed by atoms with Crippen molar-refractivity contribution < 1.29 is 13.8 Å². The number of halogens is 1. The molecule has 1 amide bonds. The van der Waals surface area contributed by atoms with E-state index in [1.54, 1.807) is 17.0 Å². The van der Waals surface area contributed by atoms with E-state index in [0.717, 1.165) is 5.69 Å². The van der Waals surface area contributed by atoms with E-state index in [2.05, 4.69) is 0 Å². The topological polar surface area (TPSA) is 38.8 Å². The molecule has 0 bridgehead atoms. The highest BCUT2D eigenvalue weighted by molar-refractivity contribution is 8.68. The highest BCUT2D eigenvalue weighted by Crippen LogP contribution is 2.59. The molecule has 0 N–H and O–H groups in total. The molecular formula is C13H19ClNO3PS2. The first-order valence-corrected chi connectivity index (χ1v) is 10.9. The van der Waals surface area contributed by atoms with Gasteiger partial charge in [0, 0.05) is 31.0 Å². The lowest BCUT2D eigenvalue weighted by Crippen LogP contribution is -2.38. The quantitative estimate of drug-likeness (QED) is 0.670. The molecule has 0 spiro atoms. The van der Waals surface area contributed by atoms with Crippen molar-refractivity contribution in [2.24, 2.45) is 0 Å². The Hall–Kier alpha value is -0.100. The van der Waals surface area contributed by atoms with Crippen LogP contribution in [0.5, 0.6) is 0 Å². The second-order valence-corrected chi connectivity index (χ2v) is 11.4. The molecule has 8 heteroatoms. The second-order valence-electron chi connectivity index (χ2n) is 4.42. The van der Waals surface area contributed by atoms with Crippen molar-refractivity contribution in [2.75, 3.05) is 24.9 Å². The molecule has 0 fully saturated rings. The third-order valence-electron chi connectivity index (χ3n) is 2.68. The first-order valence-electron chi connectivity index (χ1n) is 6.26. The summed E-state index contributed by atoms with van der Waals surface area (Å²) in [5.41, 5.74) is -1.61. The number of benzene rings is 1. The van der Waals surface area contributed by atoms with Gasteiger partial charge in [0.15, 0.2) is 0 Å². The number of amides is 1. The summed E-state index contributed by atoms with van der Waals surface area (Å²) < 4.78 is 10.4. The number of carbonyl (C=O) groups is 1. The normalized spacial score (nSPS) is 11.7. The smallest absolute Gasteiger partial charge is 0.247 e. The van der Waals surface area contributed by atoms with Crippen molar-refractivity contribution in [1.82, 2.24) is 0 Å². The average molecular weight is 368 g/mol. The number of hydrogen-bond donors (Lipinski definition) is 0. The van der Waals surface area contributed by atoms with Crippen LogP contribution >= 0.6 is 28.7 Å². The maximum atomic E-state index is 12.5. The van der Waals surface area contributed by atoms with E-state index in [-0.39, 0.29) is 17.7 Å². The molecule has 0 aliphatic heterocycles.